The summed E-state index contributed by atoms with van der Waals surface area (Å²) in [4.78, 5) is 28.8. The molecule has 0 bridgehead atoms. The number of amides is 1. The van der Waals surface area contributed by atoms with Crippen molar-refractivity contribution in [2.45, 2.75) is 13.8 Å². The molecule has 3 rings (SSSR count). The SMILES string of the molecule is Cc1cc(C)cc(-n2ccnc(NC(=O)c3cccc(F)c3)c2=O)c1. The standard InChI is InChI=1S/C19H16FN3O2/c1-12-8-13(2)10-16(9-12)23-7-6-21-17(19(23)25)22-18(24)14-4-3-5-15(20)11-14/h3-11H,1-2H3,(H,21,22,24). The molecular weight excluding hydrogens is 321 g/mol. The highest BCUT2D eigenvalue weighted by Gasteiger charge is 2.12. The fraction of sp³-hybridized carbons (Fsp3) is 0.105. The van der Waals surface area contributed by atoms with E-state index < -0.39 is 17.3 Å². The van der Waals surface area contributed by atoms with Gasteiger partial charge in [-0.05, 0) is 55.3 Å². The molecule has 1 amide bonds. The number of hydrogen-bond acceptors (Lipinski definition) is 3. The number of anilines is 1. The van der Waals surface area contributed by atoms with Gasteiger partial charge in [0.05, 0.1) is 0 Å². The maximum Gasteiger partial charge on any atom is 0.298 e. The highest BCUT2D eigenvalue weighted by Crippen LogP contribution is 2.13. The zero-order valence-electron chi connectivity index (χ0n) is 13.8. The second kappa shape index (κ2) is 6.68. The van der Waals surface area contributed by atoms with Gasteiger partial charge in [-0.1, -0.05) is 12.1 Å². The van der Waals surface area contributed by atoms with E-state index >= 15 is 0 Å². The molecule has 0 unspecified atom stereocenters. The van der Waals surface area contributed by atoms with E-state index in [2.05, 4.69) is 10.3 Å². The van der Waals surface area contributed by atoms with Gasteiger partial charge in [-0.25, -0.2) is 9.37 Å². The summed E-state index contributed by atoms with van der Waals surface area (Å²) in [6.45, 7) is 3.88. The van der Waals surface area contributed by atoms with Gasteiger partial charge >= 0.3 is 0 Å². The fourth-order valence-electron chi connectivity index (χ4n) is 2.60. The molecule has 0 atom stereocenters. The van der Waals surface area contributed by atoms with Gasteiger partial charge in [0.1, 0.15) is 5.82 Å². The second-order valence-corrected chi connectivity index (χ2v) is 5.76. The molecule has 2 aromatic carbocycles. The van der Waals surface area contributed by atoms with Crippen molar-refractivity contribution in [1.82, 2.24) is 9.55 Å². The molecule has 0 saturated heterocycles. The topological polar surface area (TPSA) is 64.0 Å². The van der Waals surface area contributed by atoms with Gasteiger partial charge in [-0.15, -0.1) is 0 Å². The summed E-state index contributed by atoms with van der Waals surface area (Å²) in [6, 6.07) is 11.0. The minimum Gasteiger partial charge on any atom is -0.302 e. The largest absolute Gasteiger partial charge is 0.302 e. The molecule has 1 heterocycles. The predicted molar refractivity (Wildman–Crippen MR) is 93.7 cm³/mol. The monoisotopic (exact) mass is 337 g/mol. The van der Waals surface area contributed by atoms with Crippen LogP contribution in [-0.4, -0.2) is 15.5 Å². The van der Waals surface area contributed by atoms with Crippen LogP contribution in [0.15, 0.2) is 59.7 Å². The minimum absolute atomic E-state index is 0.114. The van der Waals surface area contributed by atoms with Crippen molar-refractivity contribution in [3.05, 3.63) is 87.7 Å². The highest BCUT2D eigenvalue weighted by atomic mass is 19.1. The number of nitrogens with one attached hydrogen (secondary N) is 1. The van der Waals surface area contributed by atoms with E-state index in [1.165, 1.54) is 35.2 Å². The Morgan fingerprint density at radius 3 is 2.52 bits per heavy atom. The number of nitrogens with zero attached hydrogens (tertiary/aromatic N) is 2. The third-order valence-corrected chi connectivity index (χ3v) is 3.64. The Kier molecular flexibility index (Phi) is 4.43. The third-order valence-electron chi connectivity index (χ3n) is 3.64. The molecule has 3 aromatic rings. The zero-order valence-corrected chi connectivity index (χ0v) is 13.8. The highest BCUT2D eigenvalue weighted by molar-refractivity contribution is 6.03. The summed E-state index contributed by atoms with van der Waals surface area (Å²) in [7, 11) is 0. The quantitative estimate of drug-likeness (QED) is 0.798. The lowest BCUT2D eigenvalue weighted by Crippen LogP contribution is -2.26. The molecular formula is C19H16FN3O2. The van der Waals surface area contributed by atoms with Crippen molar-refractivity contribution < 1.29 is 9.18 Å². The molecule has 0 radical (unpaired) electrons. The van der Waals surface area contributed by atoms with Crippen molar-refractivity contribution in [1.29, 1.82) is 0 Å². The third kappa shape index (κ3) is 3.63. The van der Waals surface area contributed by atoms with Crippen LogP contribution in [-0.2, 0) is 0 Å². The first-order valence-electron chi connectivity index (χ1n) is 7.67. The molecule has 0 saturated carbocycles. The lowest BCUT2D eigenvalue weighted by atomic mass is 10.1. The molecule has 126 valence electrons. The lowest BCUT2D eigenvalue weighted by molar-refractivity contribution is 0.102. The number of benzene rings is 2. The van der Waals surface area contributed by atoms with Gasteiger partial charge in [0, 0.05) is 23.6 Å². The maximum absolute atomic E-state index is 13.2. The number of carbonyl (C=O) groups excluding carboxylic acids is 1. The normalized spacial score (nSPS) is 10.5. The Balaban J connectivity index is 1.96. The maximum atomic E-state index is 13.2. The van der Waals surface area contributed by atoms with E-state index in [0.717, 1.165) is 17.2 Å². The number of carbonyl (C=O) groups is 1. The first kappa shape index (κ1) is 16.6. The van der Waals surface area contributed by atoms with E-state index in [-0.39, 0.29) is 11.4 Å². The van der Waals surface area contributed by atoms with Gasteiger partial charge in [-0.2, -0.15) is 0 Å². The van der Waals surface area contributed by atoms with Crippen LogP contribution in [0.4, 0.5) is 10.2 Å². The van der Waals surface area contributed by atoms with Gasteiger partial charge in [0.2, 0.25) is 0 Å². The molecule has 0 aliphatic heterocycles. The number of hydrogen-bond donors (Lipinski definition) is 1. The predicted octanol–water partition coefficient (Wildman–Crippen LogP) is 3.24. The van der Waals surface area contributed by atoms with Crippen molar-refractivity contribution in [2.75, 3.05) is 5.32 Å². The number of aromatic nitrogens is 2. The van der Waals surface area contributed by atoms with Crippen molar-refractivity contribution in [3.8, 4) is 5.69 Å². The average Bonchev–Trinajstić information content (AvgIpc) is 2.55. The lowest BCUT2D eigenvalue weighted by Gasteiger charge is -2.10. The van der Waals surface area contributed by atoms with Crippen molar-refractivity contribution in [3.63, 3.8) is 0 Å². The van der Waals surface area contributed by atoms with Gasteiger partial charge in [0.15, 0.2) is 5.82 Å². The van der Waals surface area contributed by atoms with Crippen molar-refractivity contribution in [2.24, 2.45) is 0 Å². The van der Waals surface area contributed by atoms with Gasteiger partial charge < -0.3 is 5.32 Å². The van der Waals surface area contributed by atoms with Crippen LogP contribution in [0.2, 0.25) is 0 Å². The Bertz CT molecular complexity index is 991. The van der Waals surface area contributed by atoms with E-state index in [0.29, 0.717) is 5.69 Å². The molecule has 1 N–H and O–H groups in total. The molecule has 0 aliphatic rings. The number of rotatable bonds is 3. The number of halogens is 1. The molecule has 25 heavy (non-hydrogen) atoms. The van der Waals surface area contributed by atoms with E-state index in [1.54, 1.807) is 0 Å². The molecule has 1 aromatic heterocycles. The molecule has 5 nitrogen and oxygen atoms in total. The van der Waals surface area contributed by atoms with E-state index in [4.69, 9.17) is 0 Å². The Hall–Kier alpha value is -3.28. The first-order valence-corrected chi connectivity index (χ1v) is 7.67. The Morgan fingerprint density at radius 1 is 1.12 bits per heavy atom. The summed E-state index contributed by atoms with van der Waals surface area (Å²) in [5.74, 6) is -1.24. The van der Waals surface area contributed by atoms with Crippen LogP contribution in [0.25, 0.3) is 5.69 Å². The fourth-order valence-corrected chi connectivity index (χ4v) is 2.60. The smallest absolute Gasteiger partial charge is 0.298 e. The summed E-state index contributed by atoms with van der Waals surface area (Å²) in [6.07, 6.45) is 2.97. The summed E-state index contributed by atoms with van der Waals surface area (Å²) >= 11 is 0. The summed E-state index contributed by atoms with van der Waals surface area (Å²) in [5, 5.41) is 2.44. The van der Waals surface area contributed by atoms with Crippen LogP contribution in [0, 0.1) is 19.7 Å². The second-order valence-electron chi connectivity index (χ2n) is 5.76. The van der Waals surface area contributed by atoms with E-state index in [1.807, 2.05) is 32.0 Å². The van der Waals surface area contributed by atoms with Crippen LogP contribution >= 0.6 is 0 Å². The zero-order chi connectivity index (χ0) is 18.0. The van der Waals surface area contributed by atoms with Crippen LogP contribution < -0.4 is 10.9 Å². The van der Waals surface area contributed by atoms with Crippen molar-refractivity contribution >= 4 is 11.7 Å². The Labute approximate surface area is 143 Å². The summed E-state index contributed by atoms with van der Waals surface area (Å²) < 4.78 is 14.7. The van der Waals surface area contributed by atoms with Gasteiger partial charge in [-0.3, -0.25) is 14.2 Å². The summed E-state index contributed by atoms with van der Waals surface area (Å²) in [5.41, 5.74) is 2.37. The minimum atomic E-state index is -0.595. The molecule has 6 heteroatoms. The average molecular weight is 337 g/mol. The van der Waals surface area contributed by atoms with Crippen LogP contribution in [0.1, 0.15) is 21.5 Å². The molecule has 0 fully saturated rings. The molecule has 0 spiro atoms. The molecule has 0 aliphatic carbocycles. The Morgan fingerprint density at radius 2 is 1.84 bits per heavy atom. The first-order chi connectivity index (χ1) is 11.9. The van der Waals surface area contributed by atoms with Crippen LogP contribution in [0.5, 0.6) is 0 Å². The van der Waals surface area contributed by atoms with Crippen LogP contribution in [0.3, 0.4) is 0 Å². The number of aryl methyl sites for hydroxylation is 2. The van der Waals surface area contributed by atoms with E-state index in [9.17, 15) is 14.0 Å². The van der Waals surface area contributed by atoms with Gasteiger partial charge in [0.25, 0.3) is 11.5 Å².